The first-order valence-electron chi connectivity index (χ1n) is 7.49. The fourth-order valence-corrected chi connectivity index (χ4v) is 2.06. The van der Waals surface area contributed by atoms with Gasteiger partial charge in [0, 0.05) is 32.9 Å². The average molecular weight is 468 g/mol. The van der Waals surface area contributed by atoms with Gasteiger partial charge in [-0.15, -0.1) is 24.0 Å². The fourth-order valence-electron chi connectivity index (χ4n) is 1.75. The van der Waals surface area contributed by atoms with Crippen LogP contribution in [0.2, 0.25) is 0 Å². The van der Waals surface area contributed by atoms with E-state index in [9.17, 15) is 9.18 Å². The number of rotatable bonds is 8. The number of halogens is 2. The summed E-state index contributed by atoms with van der Waals surface area (Å²) in [6, 6.07) is 6.72. The van der Waals surface area contributed by atoms with Crippen LogP contribution in [0.15, 0.2) is 29.3 Å². The Hall–Kier alpha value is -1.03. The van der Waals surface area contributed by atoms with E-state index < -0.39 is 0 Å². The maximum Gasteiger partial charge on any atom is 0.243 e. The maximum atomic E-state index is 13.6. The first-order valence-corrected chi connectivity index (χ1v) is 8.88. The summed E-state index contributed by atoms with van der Waals surface area (Å²) in [4.78, 5) is 17.4. The van der Waals surface area contributed by atoms with Crippen LogP contribution < -0.4 is 10.6 Å². The molecule has 0 radical (unpaired) electrons. The van der Waals surface area contributed by atoms with E-state index in [1.165, 1.54) is 11.0 Å². The number of carbonyl (C=O) groups excluding carboxylic acids is 1. The first kappa shape index (κ1) is 23.0. The quantitative estimate of drug-likeness (QED) is 0.265. The summed E-state index contributed by atoms with van der Waals surface area (Å²) in [6.07, 6.45) is 2.58. The van der Waals surface area contributed by atoms with E-state index in [2.05, 4.69) is 15.6 Å². The van der Waals surface area contributed by atoms with Crippen LogP contribution in [0.25, 0.3) is 0 Å². The lowest BCUT2D eigenvalue weighted by Gasteiger charge is -2.13. The Morgan fingerprint density at radius 3 is 2.54 bits per heavy atom. The van der Waals surface area contributed by atoms with Crippen LogP contribution >= 0.6 is 35.7 Å². The van der Waals surface area contributed by atoms with E-state index in [0.29, 0.717) is 24.5 Å². The number of thioether (sulfide) groups is 1. The fraction of sp³-hybridized carbons (Fsp3) is 0.500. The largest absolute Gasteiger partial charge is 0.356 e. The van der Waals surface area contributed by atoms with Gasteiger partial charge in [0.1, 0.15) is 12.4 Å². The number of carbonyl (C=O) groups is 1. The molecule has 0 saturated heterocycles. The van der Waals surface area contributed by atoms with E-state index in [1.807, 2.05) is 12.3 Å². The molecule has 0 saturated carbocycles. The van der Waals surface area contributed by atoms with Crippen LogP contribution in [0.3, 0.4) is 0 Å². The molecule has 1 aromatic carbocycles. The number of aliphatic imine (C=N–C) groups is 1. The maximum absolute atomic E-state index is 13.6. The van der Waals surface area contributed by atoms with Crippen molar-refractivity contribution in [3.63, 3.8) is 0 Å². The molecular formula is C16H26FIN4OS. The van der Waals surface area contributed by atoms with E-state index in [1.54, 1.807) is 38.0 Å². The summed E-state index contributed by atoms with van der Waals surface area (Å²) < 4.78 is 13.6. The van der Waals surface area contributed by atoms with Crippen molar-refractivity contribution in [3.8, 4) is 0 Å². The van der Waals surface area contributed by atoms with Gasteiger partial charge in [-0.25, -0.2) is 9.38 Å². The molecule has 0 bridgehead atoms. The molecule has 1 amide bonds. The number of hydrogen-bond donors (Lipinski definition) is 2. The van der Waals surface area contributed by atoms with Crippen molar-refractivity contribution < 1.29 is 9.18 Å². The molecular weight excluding hydrogens is 442 g/mol. The van der Waals surface area contributed by atoms with Gasteiger partial charge in [0.15, 0.2) is 5.96 Å². The Morgan fingerprint density at radius 1 is 1.25 bits per heavy atom. The number of guanidine groups is 1. The van der Waals surface area contributed by atoms with Gasteiger partial charge in [-0.05, 0) is 24.3 Å². The molecule has 0 unspecified atom stereocenters. The molecule has 5 nitrogen and oxygen atoms in total. The second-order valence-electron chi connectivity index (χ2n) is 5.14. The van der Waals surface area contributed by atoms with E-state index >= 15 is 0 Å². The van der Waals surface area contributed by atoms with Gasteiger partial charge in [-0.1, -0.05) is 18.2 Å². The zero-order chi connectivity index (χ0) is 17.1. The summed E-state index contributed by atoms with van der Waals surface area (Å²) in [7, 11) is 3.40. The van der Waals surface area contributed by atoms with Crippen molar-refractivity contribution in [3.05, 3.63) is 35.6 Å². The van der Waals surface area contributed by atoms with Crippen molar-refractivity contribution in [2.45, 2.75) is 6.42 Å². The van der Waals surface area contributed by atoms with Gasteiger partial charge in [0.05, 0.1) is 0 Å². The lowest BCUT2D eigenvalue weighted by atomic mass is 10.1. The minimum Gasteiger partial charge on any atom is -0.356 e. The highest BCUT2D eigenvalue weighted by molar-refractivity contribution is 14.0. The third-order valence-electron chi connectivity index (χ3n) is 3.11. The highest BCUT2D eigenvalue weighted by atomic mass is 127. The van der Waals surface area contributed by atoms with E-state index in [-0.39, 0.29) is 42.2 Å². The lowest BCUT2D eigenvalue weighted by Crippen LogP contribution is -2.40. The van der Waals surface area contributed by atoms with Crippen LogP contribution in [0.1, 0.15) is 5.56 Å². The van der Waals surface area contributed by atoms with Gasteiger partial charge in [0.25, 0.3) is 0 Å². The van der Waals surface area contributed by atoms with Gasteiger partial charge in [-0.3, -0.25) is 4.79 Å². The van der Waals surface area contributed by atoms with Crippen LogP contribution in [0.4, 0.5) is 4.39 Å². The van der Waals surface area contributed by atoms with Crippen molar-refractivity contribution in [2.24, 2.45) is 4.99 Å². The summed E-state index contributed by atoms with van der Waals surface area (Å²) in [5, 5.41) is 6.31. The van der Waals surface area contributed by atoms with Gasteiger partial charge in [0.2, 0.25) is 5.91 Å². The predicted molar refractivity (Wildman–Crippen MR) is 111 cm³/mol. The minimum absolute atomic E-state index is 0. The summed E-state index contributed by atoms with van der Waals surface area (Å²) in [5.74, 6) is 1.25. The molecule has 0 aliphatic heterocycles. The minimum atomic E-state index is -0.203. The van der Waals surface area contributed by atoms with Crippen molar-refractivity contribution in [1.82, 2.24) is 15.5 Å². The standard InChI is InChI=1S/C16H25FN4OS.HI/c1-21(2)15(22)12-20-16(19-10-11-23-3)18-9-8-13-6-4-5-7-14(13)17;/h4-7H,8-12H2,1-3H3,(H2,18,19,20);1H. The number of hydrogen-bond acceptors (Lipinski definition) is 3. The van der Waals surface area contributed by atoms with Crippen molar-refractivity contribution in [1.29, 1.82) is 0 Å². The van der Waals surface area contributed by atoms with Crippen molar-refractivity contribution >= 4 is 47.6 Å². The third-order valence-corrected chi connectivity index (χ3v) is 3.73. The summed E-state index contributed by atoms with van der Waals surface area (Å²) in [6.45, 7) is 1.38. The average Bonchev–Trinajstić information content (AvgIpc) is 2.53. The monoisotopic (exact) mass is 468 g/mol. The van der Waals surface area contributed by atoms with E-state index in [0.717, 1.165) is 12.3 Å². The Morgan fingerprint density at radius 2 is 1.92 bits per heavy atom. The Kier molecular flexibility index (Phi) is 12.7. The Bertz CT molecular complexity index is 529. The smallest absolute Gasteiger partial charge is 0.243 e. The molecule has 2 N–H and O–H groups in total. The zero-order valence-electron chi connectivity index (χ0n) is 14.3. The highest BCUT2D eigenvalue weighted by Gasteiger charge is 2.05. The Labute approximate surface area is 164 Å². The molecule has 0 aliphatic carbocycles. The normalized spacial score (nSPS) is 10.8. The molecule has 24 heavy (non-hydrogen) atoms. The van der Waals surface area contributed by atoms with Gasteiger partial charge < -0.3 is 15.5 Å². The molecule has 8 heteroatoms. The van der Waals surface area contributed by atoms with Crippen molar-refractivity contribution in [2.75, 3.05) is 45.7 Å². The first-order chi connectivity index (χ1) is 11.0. The molecule has 136 valence electrons. The Balaban J connectivity index is 0.00000529. The second-order valence-corrected chi connectivity index (χ2v) is 6.13. The number of amides is 1. The van der Waals surface area contributed by atoms with Gasteiger partial charge in [-0.2, -0.15) is 11.8 Å². The molecule has 1 aromatic rings. The van der Waals surface area contributed by atoms with E-state index in [4.69, 9.17) is 0 Å². The molecule has 0 fully saturated rings. The molecule has 0 heterocycles. The second kappa shape index (κ2) is 13.3. The zero-order valence-corrected chi connectivity index (χ0v) is 17.5. The molecule has 0 atom stereocenters. The van der Waals surface area contributed by atoms with Crippen LogP contribution in [-0.4, -0.2) is 62.5 Å². The summed E-state index contributed by atoms with van der Waals surface area (Å²) >= 11 is 1.73. The van der Waals surface area contributed by atoms with Gasteiger partial charge >= 0.3 is 0 Å². The molecule has 0 aromatic heterocycles. The number of nitrogens with one attached hydrogen (secondary N) is 2. The molecule has 1 rings (SSSR count). The highest BCUT2D eigenvalue weighted by Crippen LogP contribution is 2.06. The third kappa shape index (κ3) is 9.31. The van der Waals surface area contributed by atoms with Crippen LogP contribution in [-0.2, 0) is 11.2 Å². The van der Waals surface area contributed by atoms with Crippen LogP contribution in [0.5, 0.6) is 0 Å². The van der Waals surface area contributed by atoms with Crippen LogP contribution in [0, 0.1) is 5.82 Å². The number of nitrogens with zero attached hydrogens (tertiary/aromatic N) is 2. The summed E-state index contributed by atoms with van der Waals surface area (Å²) in [5.41, 5.74) is 0.660. The lowest BCUT2D eigenvalue weighted by molar-refractivity contribution is -0.127. The predicted octanol–water partition coefficient (Wildman–Crippen LogP) is 1.97. The number of likely N-dealkylation sites (N-methyl/N-ethyl adjacent to an activating group) is 1. The number of benzene rings is 1. The molecule has 0 spiro atoms. The topological polar surface area (TPSA) is 56.7 Å². The molecule has 0 aliphatic rings. The SMILES string of the molecule is CSCCNC(=NCC(=O)N(C)C)NCCc1ccccc1F.I.